The van der Waals surface area contributed by atoms with E-state index in [1.165, 1.54) is 11.1 Å². The Morgan fingerprint density at radius 3 is 2.94 bits per heavy atom. The SMILES string of the molecule is CCC(C)C(Cc1cc(Br)cc2c1OCC2)NN. The number of hydrazine groups is 1. The molecule has 1 aliphatic heterocycles. The molecule has 1 aliphatic rings. The zero-order chi connectivity index (χ0) is 13.1. The summed E-state index contributed by atoms with van der Waals surface area (Å²) in [6, 6.07) is 4.59. The summed E-state index contributed by atoms with van der Waals surface area (Å²) in [5.74, 6) is 7.30. The predicted octanol–water partition coefficient (Wildman–Crippen LogP) is 2.80. The monoisotopic (exact) mass is 312 g/mol. The molecule has 3 nitrogen and oxygen atoms in total. The van der Waals surface area contributed by atoms with Gasteiger partial charge in [-0.15, -0.1) is 0 Å². The van der Waals surface area contributed by atoms with Gasteiger partial charge >= 0.3 is 0 Å². The van der Waals surface area contributed by atoms with Crippen LogP contribution in [-0.4, -0.2) is 12.6 Å². The Balaban J connectivity index is 2.23. The van der Waals surface area contributed by atoms with Crippen LogP contribution >= 0.6 is 15.9 Å². The van der Waals surface area contributed by atoms with Crippen LogP contribution in [0.5, 0.6) is 5.75 Å². The molecule has 0 fully saturated rings. The minimum atomic E-state index is 0.289. The van der Waals surface area contributed by atoms with Gasteiger partial charge in [0.25, 0.3) is 0 Å². The third-order valence-electron chi connectivity index (χ3n) is 3.81. The second-order valence-corrected chi connectivity index (χ2v) is 5.93. The van der Waals surface area contributed by atoms with E-state index in [-0.39, 0.29) is 6.04 Å². The Morgan fingerprint density at radius 2 is 2.28 bits per heavy atom. The molecule has 0 spiro atoms. The van der Waals surface area contributed by atoms with Crippen molar-refractivity contribution >= 4 is 15.9 Å². The summed E-state index contributed by atoms with van der Waals surface area (Å²) in [6.07, 6.45) is 3.03. The van der Waals surface area contributed by atoms with Crippen molar-refractivity contribution in [3.05, 3.63) is 27.7 Å². The fourth-order valence-electron chi connectivity index (χ4n) is 2.44. The van der Waals surface area contributed by atoms with E-state index in [0.717, 1.165) is 36.1 Å². The minimum Gasteiger partial charge on any atom is -0.493 e. The molecule has 2 rings (SSSR count). The van der Waals surface area contributed by atoms with E-state index < -0.39 is 0 Å². The Hall–Kier alpha value is -0.580. The summed E-state index contributed by atoms with van der Waals surface area (Å²) in [6.45, 7) is 5.21. The zero-order valence-electron chi connectivity index (χ0n) is 11.0. The van der Waals surface area contributed by atoms with Crippen LogP contribution in [0.2, 0.25) is 0 Å². The van der Waals surface area contributed by atoms with Crippen LogP contribution in [0.3, 0.4) is 0 Å². The normalized spacial score (nSPS) is 17.1. The second-order valence-electron chi connectivity index (χ2n) is 5.01. The average Bonchev–Trinajstić information content (AvgIpc) is 2.82. The van der Waals surface area contributed by atoms with Crippen molar-refractivity contribution in [2.75, 3.05) is 6.61 Å². The standard InChI is InChI=1S/C14H21BrN2O/c1-3-9(2)13(17-16)8-11-7-12(15)6-10-4-5-18-14(10)11/h6-7,9,13,17H,3-5,8,16H2,1-2H3. The van der Waals surface area contributed by atoms with Crippen molar-refractivity contribution in [2.45, 2.75) is 39.2 Å². The fraction of sp³-hybridized carbons (Fsp3) is 0.571. The van der Waals surface area contributed by atoms with E-state index in [4.69, 9.17) is 10.6 Å². The van der Waals surface area contributed by atoms with Crippen molar-refractivity contribution in [3.8, 4) is 5.75 Å². The van der Waals surface area contributed by atoms with Gasteiger partial charge in [0, 0.05) is 16.9 Å². The quantitative estimate of drug-likeness (QED) is 0.649. The third kappa shape index (κ3) is 2.87. The highest BCUT2D eigenvalue weighted by molar-refractivity contribution is 9.10. The number of benzene rings is 1. The summed E-state index contributed by atoms with van der Waals surface area (Å²) in [5, 5.41) is 0. The Labute approximate surface area is 117 Å². The third-order valence-corrected chi connectivity index (χ3v) is 4.27. The number of fused-ring (bicyclic) bond motifs is 1. The first-order valence-electron chi connectivity index (χ1n) is 6.56. The first-order valence-corrected chi connectivity index (χ1v) is 7.35. The summed E-state index contributed by atoms with van der Waals surface area (Å²) >= 11 is 3.57. The van der Waals surface area contributed by atoms with E-state index in [0.29, 0.717) is 5.92 Å². The maximum absolute atomic E-state index is 5.75. The molecule has 0 saturated carbocycles. The number of rotatable bonds is 5. The van der Waals surface area contributed by atoms with Gasteiger partial charge in [0.05, 0.1) is 6.61 Å². The molecule has 18 heavy (non-hydrogen) atoms. The van der Waals surface area contributed by atoms with Crippen LogP contribution in [0.25, 0.3) is 0 Å². The van der Waals surface area contributed by atoms with Gasteiger partial charge < -0.3 is 4.74 Å². The summed E-state index contributed by atoms with van der Waals surface area (Å²) in [4.78, 5) is 0. The molecule has 0 radical (unpaired) electrons. The summed E-state index contributed by atoms with van der Waals surface area (Å²) in [5.41, 5.74) is 5.50. The molecule has 0 aromatic heterocycles. The number of nitrogens with one attached hydrogen (secondary N) is 1. The van der Waals surface area contributed by atoms with E-state index in [2.05, 4.69) is 47.3 Å². The maximum Gasteiger partial charge on any atom is 0.125 e. The van der Waals surface area contributed by atoms with Gasteiger partial charge in [-0.05, 0) is 35.6 Å². The average molecular weight is 313 g/mol. The van der Waals surface area contributed by atoms with Crippen molar-refractivity contribution in [3.63, 3.8) is 0 Å². The van der Waals surface area contributed by atoms with Gasteiger partial charge in [-0.3, -0.25) is 11.3 Å². The predicted molar refractivity (Wildman–Crippen MR) is 77.6 cm³/mol. The van der Waals surface area contributed by atoms with Crippen LogP contribution in [-0.2, 0) is 12.8 Å². The van der Waals surface area contributed by atoms with Crippen LogP contribution in [0.15, 0.2) is 16.6 Å². The summed E-state index contributed by atoms with van der Waals surface area (Å²) < 4.78 is 6.88. The molecule has 2 unspecified atom stereocenters. The smallest absolute Gasteiger partial charge is 0.125 e. The van der Waals surface area contributed by atoms with Crippen LogP contribution in [0.4, 0.5) is 0 Å². The topological polar surface area (TPSA) is 47.3 Å². The molecule has 1 aromatic carbocycles. The van der Waals surface area contributed by atoms with Gasteiger partial charge in [-0.1, -0.05) is 36.2 Å². The number of halogens is 1. The number of hydrogen-bond acceptors (Lipinski definition) is 3. The van der Waals surface area contributed by atoms with Gasteiger partial charge in [0.2, 0.25) is 0 Å². The lowest BCUT2D eigenvalue weighted by atomic mass is 9.92. The zero-order valence-corrected chi connectivity index (χ0v) is 12.6. The molecule has 2 atom stereocenters. The van der Waals surface area contributed by atoms with Crippen LogP contribution in [0.1, 0.15) is 31.4 Å². The molecule has 0 saturated heterocycles. The van der Waals surface area contributed by atoms with Crippen molar-refractivity contribution in [2.24, 2.45) is 11.8 Å². The Morgan fingerprint density at radius 1 is 1.50 bits per heavy atom. The van der Waals surface area contributed by atoms with E-state index in [1.807, 2.05) is 0 Å². The summed E-state index contributed by atoms with van der Waals surface area (Å²) in [7, 11) is 0. The number of hydrogen-bond donors (Lipinski definition) is 2. The fourth-order valence-corrected chi connectivity index (χ4v) is 3.00. The van der Waals surface area contributed by atoms with E-state index in [9.17, 15) is 0 Å². The van der Waals surface area contributed by atoms with Crippen molar-refractivity contribution in [1.82, 2.24) is 5.43 Å². The second kappa shape index (κ2) is 6.04. The first kappa shape index (κ1) is 13.8. The Kier molecular flexibility index (Phi) is 4.65. The molecule has 100 valence electrons. The first-order chi connectivity index (χ1) is 8.65. The minimum absolute atomic E-state index is 0.289. The lowest BCUT2D eigenvalue weighted by Crippen LogP contribution is -2.41. The molecule has 3 N–H and O–H groups in total. The van der Waals surface area contributed by atoms with Gasteiger partial charge in [-0.25, -0.2) is 0 Å². The molecule has 0 amide bonds. The molecule has 0 bridgehead atoms. The van der Waals surface area contributed by atoms with Gasteiger partial charge in [-0.2, -0.15) is 0 Å². The Bertz CT molecular complexity index is 423. The highest BCUT2D eigenvalue weighted by atomic mass is 79.9. The highest BCUT2D eigenvalue weighted by Crippen LogP contribution is 2.34. The molecule has 1 heterocycles. The van der Waals surface area contributed by atoms with Crippen molar-refractivity contribution in [1.29, 1.82) is 0 Å². The molecular formula is C14H21BrN2O. The van der Waals surface area contributed by atoms with Gasteiger partial charge in [0.15, 0.2) is 0 Å². The highest BCUT2D eigenvalue weighted by Gasteiger charge is 2.21. The molecule has 4 heteroatoms. The van der Waals surface area contributed by atoms with Crippen LogP contribution in [0, 0.1) is 5.92 Å². The van der Waals surface area contributed by atoms with Gasteiger partial charge in [0.1, 0.15) is 5.75 Å². The largest absolute Gasteiger partial charge is 0.493 e. The lowest BCUT2D eigenvalue weighted by molar-refractivity contribution is 0.340. The molecule has 0 aliphatic carbocycles. The molecular weight excluding hydrogens is 292 g/mol. The van der Waals surface area contributed by atoms with E-state index >= 15 is 0 Å². The van der Waals surface area contributed by atoms with Crippen molar-refractivity contribution < 1.29 is 4.74 Å². The van der Waals surface area contributed by atoms with E-state index in [1.54, 1.807) is 0 Å². The lowest BCUT2D eigenvalue weighted by Gasteiger charge is -2.23. The maximum atomic E-state index is 5.75. The number of nitrogens with two attached hydrogens (primary N) is 1. The molecule has 1 aromatic rings. The van der Waals surface area contributed by atoms with Crippen LogP contribution < -0.4 is 16.0 Å². The number of ether oxygens (including phenoxy) is 1.